The fourth-order valence-corrected chi connectivity index (χ4v) is 2.05. The molecule has 2 aromatic rings. The maximum absolute atomic E-state index is 11.9. The minimum atomic E-state index is -0.711. The van der Waals surface area contributed by atoms with Gasteiger partial charge in [0.05, 0.1) is 19.4 Å². The average Bonchev–Trinajstić information content (AvgIpc) is 2.85. The predicted octanol–water partition coefficient (Wildman–Crippen LogP) is 1.43. The smallest absolute Gasteiger partial charge is 0.359 e. The molecule has 0 saturated carbocycles. The van der Waals surface area contributed by atoms with Crippen LogP contribution in [-0.4, -0.2) is 41.7 Å². The highest BCUT2D eigenvalue weighted by atomic mass is 16.5. The topological polar surface area (TPSA) is 99.6 Å². The molecule has 8 heteroatoms. The first-order valence-corrected chi connectivity index (χ1v) is 7.35. The van der Waals surface area contributed by atoms with Gasteiger partial charge in [0.15, 0.2) is 23.8 Å². The molecule has 1 aliphatic rings. The average molecular weight is 329 g/mol. The van der Waals surface area contributed by atoms with Crippen LogP contribution in [0.25, 0.3) is 0 Å². The molecule has 0 fully saturated rings. The van der Waals surface area contributed by atoms with Crippen molar-refractivity contribution < 1.29 is 23.8 Å². The number of anilines is 1. The highest BCUT2D eigenvalue weighted by molar-refractivity contribution is 5.94. The van der Waals surface area contributed by atoms with Crippen LogP contribution in [0.5, 0.6) is 11.5 Å². The van der Waals surface area contributed by atoms with Gasteiger partial charge in [0, 0.05) is 30.6 Å². The summed E-state index contributed by atoms with van der Waals surface area (Å²) in [5.74, 6) is 0.0278. The van der Waals surface area contributed by atoms with Gasteiger partial charge >= 0.3 is 5.97 Å². The third-order valence-electron chi connectivity index (χ3n) is 3.14. The number of carbonyl (C=O) groups is 2. The Kier molecular flexibility index (Phi) is 4.85. The molecule has 1 N–H and O–H groups in total. The van der Waals surface area contributed by atoms with Gasteiger partial charge in [-0.25, -0.2) is 9.78 Å². The van der Waals surface area contributed by atoms with Crippen molar-refractivity contribution in [3.05, 3.63) is 42.5 Å². The molecule has 8 nitrogen and oxygen atoms in total. The van der Waals surface area contributed by atoms with Crippen molar-refractivity contribution in [2.24, 2.45) is 0 Å². The Hall–Kier alpha value is -3.16. The summed E-state index contributed by atoms with van der Waals surface area (Å²) in [4.78, 5) is 31.1. The van der Waals surface area contributed by atoms with Crippen molar-refractivity contribution in [1.82, 2.24) is 9.97 Å². The molecular weight excluding hydrogens is 314 g/mol. The van der Waals surface area contributed by atoms with E-state index in [0.29, 0.717) is 30.4 Å². The zero-order valence-electron chi connectivity index (χ0n) is 12.7. The van der Waals surface area contributed by atoms with Gasteiger partial charge in [-0.05, 0) is 12.1 Å². The number of rotatable bonds is 4. The number of benzene rings is 1. The zero-order valence-corrected chi connectivity index (χ0v) is 12.7. The predicted molar refractivity (Wildman–Crippen MR) is 83.0 cm³/mol. The Balaban J connectivity index is 1.55. The minimum absolute atomic E-state index is 0.0425. The lowest BCUT2D eigenvalue weighted by Crippen LogP contribution is -2.21. The van der Waals surface area contributed by atoms with E-state index in [9.17, 15) is 9.59 Å². The van der Waals surface area contributed by atoms with Crippen LogP contribution < -0.4 is 14.8 Å². The fourth-order valence-electron chi connectivity index (χ4n) is 2.05. The quantitative estimate of drug-likeness (QED) is 0.847. The van der Waals surface area contributed by atoms with Crippen LogP contribution in [0.1, 0.15) is 16.9 Å². The van der Waals surface area contributed by atoms with Gasteiger partial charge in [0.1, 0.15) is 0 Å². The summed E-state index contributed by atoms with van der Waals surface area (Å²) in [6.45, 7) is 0.723. The summed E-state index contributed by atoms with van der Waals surface area (Å²) in [6, 6.07) is 5.08. The highest BCUT2D eigenvalue weighted by Gasteiger charge is 2.14. The number of hydrogen-bond donors (Lipinski definition) is 1. The van der Waals surface area contributed by atoms with Crippen LogP contribution >= 0.6 is 0 Å². The van der Waals surface area contributed by atoms with Crippen LogP contribution in [0.3, 0.4) is 0 Å². The molecule has 1 aromatic carbocycles. The number of ether oxygens (including phenoxy) is 3. The Labute approximate surface area is 137 Å². The molecule has 1 aliphatic heterocycles. The molecule has 0 aliphatic carbocycles. The number of nitrogens with zero attached hydrogens (tertiary/aromatic N) is 2. The first-order valence-electron chi connectivity index (χ1n) is 7.35. The lowest BCUT2D eigenvalue weighted by atomic mass is 10.2. The lowest BCUT2D eigenvalue weighted by Gasteiger charge is -2.10. The van der Waals surface area contributed by atoms with Crippen LogP contribution in [0.4, 0.5) is 5.69 Å². The number of hydrogen-bond acceptors (Lipinski definition) is 7. The van der Waals surface area contributed by atoms with Gasteiger partial charge in [-0.1, -0.05) is 0 Å². The summed E-state index contributed by atoms with van der Waals surface area (Å²) in [5, 5.41) is 2.63. The second-order valence-electron chi connectivity index (χ2n) is 4.93. The van der Waals surface area contributed by atoms with Gasteiger partial charge in [0.25, 0.3) is 5.91 Å². The van der Waals surface area contributed by atoms with Crippen molar-refractivity contribution >= 4 is 17.6 Å². The first kappa shape index (κ1) is 15.7. The number of aromatic nitrogens is 2. The number of esters is 1. The van der Waals surface area contributed by atoms with Crippen LogP contribution in [0.2, 0.25) is 0 Å². The van der Waals surface area contributed by atoms with Crippen LogP contribution in [0, 0.1) is 0 Å². The minimum Gasteiger partial charge on any atom is -0.490 e. The van der Waals surface area contributed by atoms with Gasteiger partial charge in [-0.2, -0.15) is 0 Å². The number of fused-ring (bicyclic) bond motifs is 1. The fraction of sp³-hybridized carbons (Fsp3) is 0.250. The van der Waals surface area contributed by atoms with Gasteiger partial charge < -0.3 is 19.5 Å². The van der Waals surface area contributed by atoms with Crippen molar-refractivity contribution in [1.29, 1.82) is 0 Å². The third kappa shape index (κ3) is 3.97. The molecule has 2 heterocycles. The monoisotopic (exact) mass is 329 g/mol. The van der Waals surface area contributed by atoms with E-state index in [4.69, 9.17) is 14.2 Å². The highest BCUT2D eigenvalue weighted by Crippen LogP contribution is 2.32. The van der Waals surface area contributed by atoms with Gasteiger partial charge in [0.2, 0.25) is 0 Å². The van der Waals surface area contributed by atoms with E-state index in [1.54, 1.807) is 18.2 Å². The van der Waals surface area contributed by atoms with Crippen LogP contribution in [0.15, 0.2) is 36.8 Å². The summed E-state index contributed by atoms with van der Waals surface area (Å²) in [5.41, 5.74) is 0.570. The molecule has 0 atom stereocenters. The van der Waals surface area contributed by atoms with E-state index in [2.05, 4.69) is 15.3 Å². The van der Waals surface area contributed by atoms with E-state index in [0.717, 1.165) is 6.42 Å². The number of amides is 1. The first-order chi connectivity index (χ1) is 11.7. The molecule has 1 amide bonds. The van der Waals surface area contributed by atoms with E-state index < -0.39 is 18.5 Å². The molecule has 0 unspecified atom stereocenters. The van der Waals surface area contributed by atoms with Crippen molar-refractivity contribution in [2.45, 2.75) is 6.42 Å². The maximum atomic E-state index is 11.9. The molecular formula is C16H15N3O5. The Morgan fingerprint density at radius 1 is 1.17 bits per heavy atom. The van der Waals surface area contributed by atoms with E-state index in [1.807, 2.05) is 0 Å². The summed E-state index contributed by atoms with van der Waals surface area (Å²) in [6.07, 6.45) is 4.88. The van der Waals surface area contributed by atoms with Crippen molar-refractivity contribution in [2.75, 3.05) is 25.1 Å². The SMILES string of the molecule is O=C(COC(=O)c1cnccn1)Nc1ccc2c(c1)OCCCO2. The summed E-state index contributed by atoms with van der Waals surface area (Å²) < 4.78 is 16.0. The molecule has 0 bridgehead atoms. The van der Waals surface area contributed by atoms with Gasteiger partial charge in [-0.3, -0.25) is 9.78 Å². The number of nitrogens with one attached hydrogen (secondary N) is 1. The van der Waals surface area contributed by atoms with Crippen LogP contribution in [-0.2, 0) is 9.53 Å². The Morgan fingerprint density at radius 3 is 2.79 bits per heavy atom. The largest absolute Gasteiger partial charge is 0.490 e. The normalized spacial score (nSPS) is 12.8. The molecule has 0 radical (unpaired) electrons. The standard InChI is InChI=1S/C16H15N3O5/c20-15(10-24-16(21)12-9-17-4-5-18-12)19-11-2-3-13-14(8-11)23-7-1-6-22-13/h2-5,8-9H,1,6-7,10H2,(H,19,20). The maximum Gasteiger partial charge on any atom is 0.359 e. The molecule has 24 heavy (non-hydrogen) atoms. The van der Waals surface area contributed by atoms with Crippen molar-refractivity contribution in [3.63, 3.8) is 0 Å². The van der Waals surface area contributed by atoms with E-state index in [1.165, 1.54) is 18.6 Å². The Bertz CT molecular complexity index is 736. The summed E-state index contributed by atoms with van der Waals surface area (Å²) >= 11 is 0. The third-order valence-corrected chi connectivity index (χ3v) is 3.14. The second-order valence-corrected chi connectivity index (χ2v) is 4.93. The summed E-state index contributed by atoms with van der Waals surface area (Å²) in [7, 11) is 0. The van der Waals surface area contributed by atoms with E-state index >= 15 is 0 Å². The van der Waals surface area contributed by atoms with Crippen molar-refractivity contribution in [3.8, 4) is 11.5 Å². The second kappa shape index (κ2) is 7.40. The van der Waals surface area contributed by atoms with E-state index in [-0.39, 0.29) is 5.69 Å². The molecule has 3 rings (SSSR count). The zero-order chi connectivity index (χ0) is 16.8. The lowest BCUT2D eigenvalue weighted by molar-refractivity contribution is -0.119. The molecule has 0 saturated heterocycles. The Morgan fingerprint density at radius 2 is 2.00 bits per heavy atom. The number of carbonyl (C=O) groups excluding carboxylic acids is 2. The molecule has 1 aromatic heterocycles. The molecule has 124 valence electrons. The molecule has 0 spiro atoms. The van der Waals surface area contributed by atoms with Gasteiger partial charge in [-0.15, -0.1) is 0 Å².